The second-order valence-electron chi connectivity index (χ2n) is 4.28. The van der Waals surface area contributed by atoms with Crippen molar-refractivity contribution in [2.75, 3.05) is 0 Å². The van der Waals surface area contributed by atoms with Crippen molar-refractivity contribution >= 4 is 60.2 Å². The zero-order chi connectivity index (χ0) is 13.6. The topological polar surface area (TPSA) is 48.1 Å². The minimum Gasteiger partial charge on any atom is -0.483 e. The van der Waals surface area contributed by atoms with Gasteiger partial charge in [-0.1, -0.05) is 12.2 Å². The number of aryl methyl sites for hydroxylation is 1. The zero-order valence-electron chi connectivity index (χ0n) is 10.5. The van der Waals surface area contributed by atoms with Gasteiger partial charge in [-0.25, -0.2) is 4.98 Å². The molecule has 0 radical (unpaired) electrons. The van der Waals surface area contributed by atoms with Crippen LogP contribution in [0.1, 0.15) is 11.9 Å². The van der Waals surface area contributed by atoms with Gasteiger partial charge >= 0.3 is 0 Å². The quantitative estimate of drug-likeness (QED) is 0.746. The van der Waals surface area contributed by atoms with Gasteiger partial charge in [0.2, 0.25) is 0 Å². The number of rotatable bonds is 3. The van der Waals surface area contributed by atoms with Gasteiger partial charge in [-0.15, -0.1) is 22.7 Å². The number of benzene rings is 1. The summed E-state index contributed by atoms with van der Waals surface area (Å²) >= 11 is 8.32. The van der Waals surface area contributed by atoms with Crippen LogP contribution in [-0.2, 0) is 0 Å². The molecule has 0 spiro atoms. The predicted octanol–water partition coefficient (Wildman–Crippen LogP) is 3.87. The van der Waals surface area contributed by atoms with Crippen LogP contribution >= 0.6 is 34.9 Å². The molecule has 2 aromatic heterocycles. The number of thiazole rings is 1. The molecule has 1 atom stereocenters. The number of aromatic nitrogens is 1. The van der Waals surface area contributed by atoms with Crippen LogP contribution in [0.25, 0.3) is 20.3 Å². The van der Waals surface area contributed by atoms with E-state index >= 15 is 0 Å². The summed E-state index contributed by atoms with van der Waals surface area (Å²) in [5.41, 5.74) is 6.68. The van der Waals surface area contributed by atoms with Crippen molar-refractivity contribution in [3.05, 3.63) is 22.5 Å². The highest BCUT2D eigenvalue weighted by molar-refractivity contribution is 7.80. The lowest BCUT2D eigenvalue weighted by molar-refractivity contribution is 0.292. The van der Waals surface area contributed by atoms with Gasteiger partial charge < -0.3 is 10.5 Å². The Morgan fingerprint density at radius 3 is 3.05 bits per heavy atom. The molecular formula is C13H12N2OS3. The molecule has 6 heteroatoms. The van der Waals surface area contributed by atoms with Gasteiger partial charge in [0.05, 0.1) is 19.9 Å². The van der Waals surface area contributed by atoms with E-state index in [2.05, 4.69) is 16.4 Å². The van der Waals surface area contributed by atoms with Crippen molar-refractivity contribution < 1.29 is 4.74 Å². The molecule has 0 saturated carbocycles. The first-order valence-corrected chi connectivity index (χ1v) is 7.90. The first-order chi connectivity index (χ1) is 9.06. The number of nitrogens with two attached hydrogens (primary N) is 1. The second-order valence-corrected chi connectivity index (χ2v) is 6.90. The van der Waals surface area contributed by atoms with E-state index in [1.165, 1.54) is 0 Å². The lowest BCUT2D eigenvalue weighted by Crippen LogP contribution is -2.28. The molecule has 1 aromatic carbocycles. The van der Waals surface area contributed by atoms with Crippen LogP contribution in [0, 0.1) is 6.92 Å². The van der Waals surface area contributed by atoms with Crippen LogP contribution in [0.5, 0.6) is 5.75 Å². The van der Waals surface area contributed by atoms with Crippen LogP contribution in [0.2, 0.25) is 0 Å². The van der Waals surface area contributed by atoms with Crippen LogP contribution < -0.4 is 10.5 Å². The summed E-state index contributed by atoms with van der Waals surface area (Å²) in [7, 11) is 0. The molecular weight excluding hydrogens is 296 g/mol. The molecule has 19 heavy (non-hydrogen) atoms. The van der Waals surface area contributed by atoms with Gasteiger partial charge in [0.1, 0.15) is 16.8 Å². The lowest BCUT2D eigenvalue weighted by atomic mass is 10.2. The van der Waals surface area contributed by atoms with Crippen LogP contribution in [0.15, 0.2) is 17.5 Å². The SMILES string of the molecule is Cc1nc2c(cc(OC(C)C(N)=S)c3ccsc32)s1. The molecule has 2 heterocycles. The van der Waals surface area contributed by atoms with Crippen molar-refractivity contribution in [2.45, 2.75) is 20.0 Å². The Hall–Kier alpha value is -1.24. The highest BCUT2D eigenvalue weighted by atomic mass is 32.1. The van der Waals surface area contributed by atoms with Crippen molar-refractivity contribution in [1.29, 1.82) is 0 Å². The molecule has 0 saturated heterocycles. The third kappa shape index (κ3) is 2.20. The average molecular weight is 308 g/mol. The minimum atomic E-state index is -0.274. The summed E-state index contributed by atoms with van der Waals surface area (Å²) < 4.78 is 8.18. The Balaban J connectivity index is 2.21. The van der Waals surface area contributed by atoms with Crippen LogP contribution in [0.3, 0.4) is 0 Å². The summed E-state index contributed by atoms with van der Waals surface area (Å²) in [5, 5.41) is 4.19. The molecule has 0 aliphatic rings. The Labute approximate surface area is 124 Å². The smallest absolute Gasteiger partial charge is 0.145 e. The standard InChI is InChI=1S/C13H12N2OS3/c1-6(13(14)17)16-9-5-10-11(15-7(2)19-10)12-8(9)3-4-18-12/h3-6H,1-2H3,(H2,14,17). The van der Waals surface area contributed by atoms with Crippen molar-refractivity contribution in [2.24, 2.45) is 5.73 Å². The minimum absolute atomic E-state index is 0.274. The molecule has 0 amide bonds. The van der Waals surface area contributed by atoms with E-state index in [1.807, 2.05) is 19.9 Å². The van der Waals surface area contributed by atoms with Crippen LogP contribution in [0.4, 0.5) is 0 Å². The van der Waals surface area contributed by atoms with Crippen molar-refractivity contribution in [3.8, 4) is 5.75 Å². The average Bonchev–Trinajstić information content (AvgIpc) is 2.93. The molecule has 2 N–H and O–H groups in total. The maximum absolute atomic E-state index is 5.88. The maximum atomic E-state index is 5.88. The molecule has 0 fully saturated rings. The van der Waals surface area contributed by atoms with E-state index in [4.69, 9.17) is 22.7 Å². The van der Waals surface area contributed by atoms with Gasteiger partial charge in [0.25, 0.3) is 0 Å². The fourth-order valence-electron chi connectivity index (χ4n) is 1.93. The number of nitrogens with zero attached hydrogens (tertiary/aromatic N) is 1. The molecule has 0 aliphatic carbocycles. The first kappa shape index (κ1) is 12.8. The molecule has 0 bridgehead atoms. The normalized spacial score (nSPS) is 12.9. The van der Waals surface area contributed by atoms with E-state index < -0.39 is 0 Å². The van der Waals surface area contributed by atoms with Gasteiger partial charge in [-0.2, -0.15) is 0 Å². The number of thiophene rings is 1. The van der Waals surface area contributed by atoms with Gasteiger partial charge in [0.15, 0.2) is 0 Å². The summed E-state index contributed by atoms with van der Waals surface area (Å²) in [5.74, 6) is 0.827. The van der Waals surface area contributed by atoms with E-state index in [0.717, 1.165) is 31.1 Å². The van der Waals surface area contributed by atoms with E-state index in [0.29, 0.717) is 4.99 Å². The van der Waals surface area contributed by atoms with Gasteiger partial charge in [0, 0.05) is 11.5 Å². The second kappa shape index (κ2) is 4.70. The number of thiocarbonyl (C=S) groups is 1. The summed E-state index contributed by atoms with van der Waals surface area (Å²) in [6, 6.07) is 4.08. The zero-order valence-corrected chi connectivity index (χ0v) is 12.9. The Morgan fingerprint density at radius 1 is 1.53 bits per heavy atom. The lowest BCUT2D eigenvalue weighted by Gasteiger charge is -2.14. The molecule has 3 nitrogen and oxygen atoms in total. The van der Waals surface area contributed by atoms with Crippen molar-refractivity contribution in [3.63, 3.8) is 0 Å². The Kier molecular flexibility index (Phi) is 3.16. The van der Waals surface area contributed by atoms with Crippen LogP contribution in [-0.4, -0.2) is 16.1 Å². The van der Waals surface area contributed by atoms with Gasteiger partial charge in [-0.3, -0.25) is 0 Å². The largest absolute Gasteiger partial charge is 0.483 e. The maximum Gasteiger partial charge on any atom is 0.145 e. The monoisotopic (exact) mass is 308 g/mol. The fraction of sp³-hybridized carbons (Fsp3) is 0.231. The molecule has 1 unspecified atom stereocenters. The third-order valence-electron chi connectivity index (χ3n) is 2.87. The first-order valence-electron chi connectivity index (χ1n) is 5.79. The highest BCUT2D eigenvalue weighted by Gasteiger charge is 2.15. The molecule has 98 valence electrons. The van der Waals surface area contributed by atoms with Crippen molar-refractivity contribution in [1.82, 2.24) is 4.98 Å². The fourth-order valence-corrected chi connectivity index (χ4v) is 3.81. The molecule has 0 aliphatic heterocycles. The van der Waals surface area contributed by atoms with E-state index in [-0.39, 0.29) is 6.10 Å². The Morgan fingerprint density at radius 2 is 2.32 bits per heavy atom. The number of hydrogen-bond donors (Lipinski definition) is 1. The summed E-state index contributed by atoms with van der Waals surface area (Å²) in [6.07, 6.45) is -0.274. The Bertz CT molecular complexity index is 775. The number of hydrogen-bond acceptors (Lipinski definition) is 5. The number of ether oxygens (including phenoxy) is 1. The summed E-state index contributed by atoms with van der Waals surface area (Å²) in [6.45, 7) is 3.88. The highest BCUT2D eigenvalue weighted by Crippen LogP contribution is 2.39. The van der Waals surface area contributed by atoms with Gasteiger partial charge in [-0.05, 0) is 25.3 Å². The third-order valence-corrected chi connectivity index (χ3v) is 5.04. The molecule has 3 rings (SSSR count). The van der Waals surface area contributed by atoms with E-state index in [9.17, 15) is 0 Å². The summed E-state index contributed by atoms with van der Waals surface area (Å²) in [4.78, 5) is 4.96. The number of fused-ring (bicyclic) bond motifs is 3. The predicted molar refractivity (Wildman–Crippen MR) is 86.6 cm³/mol. The van der Waals surface area contributed by atoms with E-state index in [1.54, 1.807) is 22.7 Å². The molecule has 3 aromatic rings.